The molecule has 1 amide bonds. The number of nitrogens with zero attached hydrogens (tertiary/aromatic N) is 1. The molecule has 0 saturated carbocycles. The van der Waals surface area contributed by atoms with Gasteiger partial charge in [-0.3, -0.25) is 4.79 Å². The van der Waals surface area contributed by atoms with Crippen molar-refractivity contribution < 1.29 is 23.9 Å². The lowest BCUT2D eigenvalue weighted by Gasteiger charge is -2.23. The van der Waals surface area contributed by atoms with E-state index in [9.17, 15) is 14.4 Å². The van der Waals surface area contributed by atoms with Crippen LogP contribution in [-0.2, 0) is 19.1 Å². The second-order valence-corrected chi connectivity index (χ2v) is 6.68. The van der Waals surface area contributed by atoms with Gasteiger partial charge < -0.3 is 19.7 Å². The van der Waals surface area contributed by atoms with Crippen molar-refractivity contribution in [2.75, 3.05) is 24.4 Å². The van der Waals surface area contributed by atoms with E-state index in [1.807, 2.05) is 19.1 Å². The molecule has 0 spiro atoms. The first-order chi connectivity index (χ1) is 14.9. The second kappa shape index (κ2) is 9.58. The van der Waals surface area contributed by atoms with Crippen molar-refractivity contribution in [3.63, 3.8) is 0 Å². The summed E-state index contributed by atoms with van der Waals surface area (Å²) >= 11 is 0. The summed E-state index contributed by atoms with van der Waals surface area (Å²) in [6, 6.07) is 14.1. The average Bonchev–Trinajstić information content (AvgIpc) is 3.02. The number of esters is 2. The predicted molar refractivity (Wildman–Crippen MR) is 117 cm³/mol. The van der Waals surface area contributed by atoms with Gasteiger partial charge in [-0.1, -0.05) is 23.8 Å². The Balaban J connectivity index is 1.89. The fourth-order valence-electron chi connectivity index (χ4n) is 2.98. The Kier molecular flexibility index (Phi) is 6.67. The molecular formula is C24H22N2O5. The van der Waals surface area contributed by atoms with Crippen LogP contribution < -0.4 is 10.2 Å². The number of benzene rings is 2. The molecule has 1 N–H and O–H groups in total. The van der Waals surface area contributed by atoms with E-state index < -0.39 is 11.9 Å². The van der Waals surface area contributed by atoms with Crippen LogP contribution in [0.4, 0.5) is 11.4 Å². The van der Waals surface area contributed by atoms with Crippen LogP contribution in [0, 0.1) is 6.92 Å². The van der Waals surface area contributed by atoms with Gasteiger partial charge in [-0.15, -0.1) is 0 Å². The molecule has 2 aromatic rings. The van der Waals surface area contributed by atoms with E-state index in [1.54, 1.807) is 54.8 Å². The third-order valence-corrected chi connectivity index (χ3v) is 4.61. The standard InChI is InChI=1S/C24H22N2O5/c1-16-7-9-17(10-8-16)22(27)25-18-11-13-19(14-12-18)26-15-5-4-6-20(23(28)30-2)21(26)24(29)31-3/h4-15H,1-3H3,(H,25,27). The number of ether oxygens (including phenoxy) is 2. The zero-order valence-electron chi connectivity index (χ0n) is 17.4. The van der Waals surface area contributed by atoms with Crippen LogP contribution in [0.2, 0.25) is 0 Å². The summed E-state index contributed by atoms with van der Waals surface area (Å²) in [5.74, 6) is -1.57. The molecule has 2 aromatic carbocycles. The van der Waals surface area contributed by atoms with Crippen molar-refractivity contribution in [2.24, 2.45) is 0 Å². The Morgan fingerprint density at radius 1 is 0.839 bits per heavy atom. The number of allylic oxidation sites excluding steroid dienone is 2. The minimum atomic E-state index is -0.687. The summed E-state index contributed by atoms with van der Waals surface area (Å²) in [4.78, 5) is 38.6. The molecule has 1 heterocycles. The van der Waals surface area contributed by atoms with Crippen LogP contribution in [0.15, 0.2) is 84.2 Å². The molecular weight excluding hydrogens is 396 g/mol. The van der Waals surface area contributed by atoms with E-state index in [0.717, 1.165) is 5.56 Å². The predicted octanol–water partition coefficient (Wildman–Crippen LogP) is 3.74. The van der Waals surface area contributed by atoms with E-state index in [4.69, 9.17) is 9.47 Å². The largest absolute Gasteiger partial charge is 0.465 e. The molecule has 0 aromatic heterocycles. The number of rotatable bonds is 5. The Morgan fingerprint density at radius 2 is 1.48 bits per heavy atom. The number of methoxy groups -OCH3 is 2. The zero-order valence-corrected chi connectivity index (χ0v) is 17.4. The second-order valence-electron chi connectivity index (χ2n) is 6.68. The van der Waals surface area contributed by atoms with Crippen LogP contribution in [0.5, 0.6) is 0 Å². The average molecular weight is 418 g/mol. The molecule has 158 valence electrons. The highest BCUT2D eigenvalue weighted by atomic mass is 16.5. The highest BCUT2D eigenvalue weighted by Gasteiger charge is 2.27. The number of aryl methyl sites for hydroxylation is 1. The molecule has 1 aliphatic heterocycles. The van der Waals surface area contributed by atoms with Crippen molar-refractivity contribution in [3.8, 4) is 0 Å². The van der Waals surface area contributed by atoms with E-state index >= 15 is 0 Å². The normalized spacial score (nSPS) is 12.9. The lowest BCUT2D eigenvalue weighted by molar-refractivity contribution is -0.139. The third-order valence-electron chi connectivity index (χ3n) is 4.61. The first-order valence-electron chi connectivity index (χ1n) is 9.47. The highest BCUT2D eigenvalue weighted by Crippen LogP contribution is 2.27. The molecule has 0 radical (unpaired) electrons. The fourth-order valence-corrected chi connectivity index (χ4v) is 2.98. The van der Waals surface area contributed by atoms with Gasteiger partial charge in [0.1, 0.15) is 5.70 Å². The summed E-state index contributed by atoms with van der Waals surface area (Å²) in [5, 5.41) is 2.84. The SMILES string of the molecule is COC(=O)C1=C(C(=O)OC)N(c2ccc(NC(=O)c3ccc(C)cc3)cc2)C=CC=C1. The minimum absolute atomic E-state index is 0.0239. The Hall–Kier alpha value is -4.13. The van der Waals surface area contributed by atoms with Crippen molar-refractivity contribution in [1.82, 2.24) is 0 Å². The van der Waals surface area contributed by atoms with Gasteiger partial charge >= 0.3 is 11.9 Å². The van der Waals surface area contributed by atoms with Gasteiger partial charge in [0.2, 0.25) is 0 Å². The Morgan fingerprint density at radius 3 is 2.10 bits per heavy atom. The zero-order chi connectivity index (χ0) is 22.4. The molecule has 0 saturated heterocycles. The van der Waals surface area contributed by atoms with Gasteiger partial charge in [0.15, 0.2) is 0 Å². The molecule has 7 heteroatoms. The minimum Gasteiger partial charge on any atom is -0.465 e. The van der Waals surface area contributed by atoms with Crippen LogP contribution >= 0.6 is 0 Å². The first kappa shape index (κ1) is 21.6. The molecule has 7 nitrogen and oxygen atoms in total. The molecule has 0 unspecified atom stereocenters. The van der Waals surface area contributed by atoms with E-state index in [2.05, 4.69) is 5.32 Å². The van der Waals surface area contributed by atoms with Crippen LogP contribution in [0.25, 0.3) is 0 Å². The van der Waals surface area contributed by atoms with E-state index in [1.165, 1.54) is 25.2 Å². The van der Waals surface area contributed by atoms with Gasteiger partial charge in [0.25, 0.3) is 5.91 Å². The summed E-state index contributed by atoms with van der Waals surface area (Å²) < 4.78 is 9.69. The van der Waals surface area contributed by atoms with Gasteiger partial charge in [0.05, 0.1) is 19.8 Å². The number of anilines is 2. The number of carbonyl (C=O) groups excluding carboxylic acids is 3. The van der Waals surface area contributed by atoms with Gasteiger partial charge in [-0.25, -0.2) is 9.59 Å². The van der Waals surface area contributed by atoms with Crippen molar-refractivity contribution in [1.29, 1.82) is 0 Å². The summed E-state index contributed by atoms with van der Waals surface area (Å²) in [6.07, 6.45) is 6.45. The van der Waals surface area contributed by atoms with Crippen LogP contribution in [0.3, 0.4) is 0 Å². The fraction of sp³-hybridized carbons (Fsp3) is 0.125. The Labute approximate surface area is 180 Å². The number of hydrogen-bond donors (Lipinski definition) is 1. The molecule has 3 rings (SSSR count). The monoisotopic (exact) mass is 418 g/mol. The lowest BCUT2D eigenvalue weighted by Crippen LogP contribution is -2.26. The quantitative estimate of drug-likeness (QED) is 0.745. The first-order valence-corrected chi connectivity index (χ1v) is 9.47. The van der Waals surface area contributed by atoms with Gasteiger partial charge in [-0.2, -0.15) is 0 Å². The maximum Gasteiger partial charge on any atom is 0.355 e. The molecule has 0 fully saturated rings. The van der Waals surface area contributed by atoms with Gasteiger partial charge in [-0.05, 0) is 55.5 Å². The third kappa shape index (κ3) is 4.90. The number of carbonyl (C=O) groups is 3. The number of nitrogens with one attached hydrogen (secondary N) is 1. The topological polar surface area (TPSA) is 84.9 Å². The molecule has 1 aliphatic rings. The lowest BCUT2D eigenvalue weighted by atomic mass is 10.1. The van der Waals surface area contributed by atoms with Crippen molar-refractivity contribution in [3.05, 3.63) is 95.4 Å². The highest BCUT2D eigenvalue weighted by molar-refractivity contribution is 6.06. The molecule has 31 heavy (non-hydrogen) atoms. The van der Waals surface area contributed by atoms with E-state index in [0.29, 0.717) is 16.9 Å². The summed E-state index contributed by atoms with van der Waals surface area (Å²) in [5.41, 5.74) is 2.89. The number of amides is 1. The molecule has 0 bridgehead atoms. The molecule has 0 aliphatic carbocycles. The summed E-state index contributed by atoms with van der Waals surface area (Å²) in [6.45, 7) is 1.95. The maximum absolute atomic E-state index is 12.5. The summed E-state index contributed by atoms with van der Waals surface area (Å²) in [7, 11) is 2.48. The van der Waals surface area contributed by atoms with Crippen LogP contribution in [-0.4, -0.2) is 32.1 Å². The van der Waals surface area contributed by atoms with Crippen molar-refractivity contribution >= 4 is 29.2 Å². The molecule has 0 atom stereocenters. The smallest absolute Gasteiger partial charge is 0.355 e. The van der Waals surface area contributed by atoms with Crippen molar-refractivity contribution in [2.45, 2.75) is 6.92 Å². The van der Waals surface area contributed by atoms with E-state index in [-0.39, 0.29) is 17.2 Å². The Bertz CT molecular complexity index is 1080. The maximum atomic E-state index is 12.5. The number of hydrogen-bond acceptors (Lipinski definition) is 6. The van der Waals surface area contributed by atoms with Gasteiger partial charge in [0, 0.05) is 23.1 Å². The van der Waals surface area contributed by atoms with Crippen LogP contribution in [0.1, 0.15) is 15.9 Å².